The third-order valence-electron chi connectivity index (χ3n) is 3.70. The molecule has 0 amide bonds. The van der Waals surface area contributed by atoms with Crippen molar-refractivity contribution < 1.29 is 9.47 Å². The summed E-state index contributed by atoms with van der Waals surface area (Å²) >= 11 is 17.1. The Labute approximate surface area is 171 Å². The normalized spacial score (nSPS) is 11.1. The van der Waals surface area contributed by atoms with Gasteiger partial charge in [-0.3, -0.25) is 5.10 Å². The second-order valence-corrected chi connectivity index (χ2v) is 6.78. The van der Waals surface area contributed by atoms with Crippen LogP contribution in [0.25, 0.3) is 0 Å². The van der Waals surface area contributed by atoms with Gasteiger partial charge in [-0.2, -0.15) is 14.9 Å². The Morgan fingerprint density at radius 2 is 2.00 bits per heavy atom. The summed E-state index contributed by atoms with van der Waals surface area (Å²) in [6.07, 6.45) is 1.67. The molecular weight excluding hydrogens is 407 g/mol. The van der Waals surface area contributed by atoms with Crippen LogP contribution in [0.4, 0.5) is 0 Å². The highest BCUT2D eigenvalue weighted by atomic mass is 35.5. The lowest BCUT2D eigenvalue weighted by Gasteiger charge is -2.11. The molecule has 6 nitrogen and oxygen atoms in total. The van der Waals surface area contributed by atoms with Crippen LogP contribution in [0.15, 0.2) is 41.5 Å². The van der Waals surface area contributed by atoms with E-state index < -0.39 is 0 Å². The van der Waals surface area contributed by atoms with E-state index in [1.54, 1.807) is 25.5 Å². The molecule has 0 spiro atoms. The van der Waals surface area contributed by atoms with Crippen LogP contribution in [0.5, 0.6) is 11.5 Å². The standard InChI is InChI=1S/C18H16Cl2N4O2S/c1-11-22-23-18(27)24(11)21-9-12-4-6-16(17(8-12)25-2)26-10-13-3-5-14(19)15(20)7-13/h3-9H,10H2,1-2H3,(H,23,27)/b21-9-. The van der Waals surface area contributed by atoms with Gasteiger partial charge in [0.25, 0.3) is 0 Å². The van der Waals surface area contributed by atoms with Crippen LogP contribution >= 0.6 is 35.4 Å². The average Bonchev–Trinajstić information content (AvgIpc) is 2.99. The van der Waals surface area contributed by atoms with Crippen LogP contribution in [0, 0.1) is 11.7 Å². The van der Waals surface area contributed by atoms with E-state index in [-0.39, 0.29) is 0 Å². The highest BCUT2D eigenvalue weighted by molar-refractivity contribution is 7.71. The van der Waals surface area contributed by atoms with Crippen LogP contribution in [-0.4, -0.2) is 28.2 Å². The van der Waals surface area contributed by atoms with Crippen LogP contribution in [0.1, 0.15) is 17.0 Å². The van der Waals surface area contributed by atoms with Crippen LogP contribution in [-0.2, 0) is 6.61 Å². The second kappa shape index (κ2) is 8.56. The molecule has 3 aromatic rings. The van der Waals surface area contributed by atoms with Crippen molar-refractivity contribution in [2.24, 2.45) is 5.10 Å². The van der Waals surface area contributed by atoms with Crippen molar-refractivity contribution in [1.29, 1.82) is 0 Å². The number of ether oxygens (including phenoxy) is 2. The number of aromatic amines is 1. The van der Waals surface area contributed by atoms with E-state index in [9.17, 15) is 0 Å². The molecule has 140 valence electrons. The van der Waals surface area contributed by atoms with E-state index in [1.165, 1.54) is 4.68 Å². The van der Waals surface area contributed by atoms with Gasteiger partial charge in [0.05, 0.1) is 23.4 Å². The number of hydrogen-bond acceptors (Lipinski definition) is 5. The van der Waals surface area contributed by atoms with Gasteiger partial charge < -0.3 is 9.47 Å². The smallest absolute Gasteiger partial charge is 0.216 e. The molecule has 27 heavy (non-hydrogen) atoms. The molecule has 2 aromatic carbocycles. The van der Waals surface area contributed by atoms with E-state index in [0.29, 0.717) is 38.7 Å². The molecule has 0 aliphatic heterocycles. The predicted octanol–water partition coefficient (Wildman–Crippen LogP) is 5.03. The molecular formula is C18H16Cl2N4O2S. The Bertz CT molecular complexity index is 1050. The van der Waals surface area contributed by atoms with Crippen molar-refractivity contribution in [3.8, 4) is 11.5 Å². The van der Waals surface area contributed by atoms with Crippen LogP contribution < -0.4 is 9.47 Å². The highest BCUT2D eigenvalue weighted by Gasteiger charge is 2.07. The summed E-state index contributed by atoms with van der Waals surface area (Å²) in [7, 11) is 1.58. The minimum absolute atomic E-state index is 0.337. The lowest BCUT2D eigenvalue weighted by molar-refractivity contribution is 0.284. The first kappa shape index (κ1) is 19.4. The third kappa shape index (κ3) is 4.68. The molecule has 1 heterocycles. The van der Waals surface area contributed by atoms with Crippen molar-refractivity contribution in [3.63, 3.8) is 0 Å². The number of rotatable bonds is 6. The zero-order chi connectivity index (χ0) is 19.4. The zero-order valence-corrected chi connectivity index (χ0v) is 16.9. The van der Waals surface area contributed by atoms with Gasteiger partial charge in [0.1, 0.15) is 12.4 Å². The van der Waals surface area contributed by atoms with Crippen molar-refractivity contribution in [2.75, 3.05) is 7.11 Å². The summed E-state index contributed by atoms with van der Waals surface area (Å²) in [4.78, 5) is 0. The Morgan fingerprint density at radius 3 is 2.67 bits per heavy atom. The molecule has 0 atom stereocenters. The van der Waals surface area contributed by atoms with Gasteiger partial charge in [-0.15, -0.1) is 0 Å². The van der Waals surface area contributed by atoms with Crippen molar-refractivity contribution in [1.82, 2.24) is 14.9 Å². The lowest BCUT2D eigenvalue weighted by atomic mass is 10.2. The quantitative estimate of drug-likeness (QED) is 0.447. The van der Waals surface area contributed by atoms with Crippen molar-refractivity contribution in [3.05, 3.63) is 68.2 Å². The molecule has 0 saturated carbocycles. The summed E-state index contributed by atoms with van der Waals surface area (Å²) in [5, 5.41) is 12.0. The van der Waals surface area contributed by atoms with Crippen LogP contribution in [0.2, 0.25) is 10.0 Å². The molecule has 9 heteroatoms. The molecule has 0 radical (unpaired) electrons. The number of H-pyrrole nitrogens is 1. The Kier molecular flexibility index (Phi) is 6.15. The molecule has 0 fully saturated rings. The molecule has 3 rings (SSSR count). The average molecular weight is 423 g/mol. The maximum Gasteiger partial charge on any atom is 0.216 e. The first-order valence-corrected chi connectivity index (χ1v) is 9.07. The Morgan fingerprint density at radius 1 is 1.19 bits per heavy atom. The SMILES string of the molecule is COc1cc(/C=N\n2c(C)n[nH]c2=S)ccc1OCc1ccc(Cl)c(Cl)c1. The number of halogens is 2. The van der Waals surface area contributed by atoms with E-state index in [1.807, 2.05) is 31.2 Å². The fraction of sp³-hybridized carbons (Fsp3) is 0.167. The van der Waals surface area contributed by atoms with E-state index in [4.69, 9.17) is 44.9 Å². The number of nitrogens with zero attached hydrogens (tertiary/aromatic N) is 3. The van der Waals surface area contributed by atoms with Crippen molar-refractivity contribution >= 4 is 41.6 Å². The number of methoxy groups -OCH3 is 1. The summed E-state index contributed by atoms with van der Waals surface area (Å²) in [5.74, 6) is 1.87. The van der Waals surface area contributed by atoms with Crippen LogP contribution in [0.3, 0.4) is 0 Å². The van der Waals surface area contributed by atoms with E-state index in [2.05, 4.69) is 15.3 Å². The molecule has 0 aliphatic carbocycles. The van der Waals surface area contributed by atoms with Gasteiger partial charge in [0.2, 0.25) is 4.77 Å². The number of aryl methyl sites for hydroxylation is 1. The minimum atomic E-state index is 0.337. The first-order valence-electron chi connectivity index (χ1n) is 7.91. The van der Waals surface area contributed by atoms with Gasteiger partial charge in [-0.1, -0.05) is 29.3 Å². The fourth-order valence-corrected chi connectivity index (χ4v) is 2.85. The molecule has 1 aromatic heterocycles. The summed E-state index contributed by atoms with van der Waals surface area (Å²) in [6.45, 7) is 2.15. The lowest BCUT2D eigenvalue weighted by Crippen LogP contribution is -1.99. The molecule has 0 bridgehead atoms. The molecule has 1 N–H and O–H groups in total. The monoisotopic (exact) mass is 422 g/mol. The molecule has 0 saturated heterocycles. The number of aromatic nitrogens is 3. The van der Waals surface area contributed by atoms with Gasteiger partial charge in [0, 0.05) is 0 Å². The molecule has 0 unspecified atom stereocenters. The maximum atomic E-state index is 6.03. The summed E-state index contributed by atoms with van der Waals surface area (Å²) in [6, 6.07) is 10.9. The van der Waals surface area contributed by atoms with Gasteiger partial charge in [0.15, 0.2) is 11.5 Å². The maximum absolute atomic E-state index is 6.03. The summed E-state index contributed by atoms with van der Waals surface area (Å²) < 4.78 is 13.2. The Balaban J connectivity index is 1.76. The first-order chi connectivity index (χ1) is 13.0. The summed E-state index contributed by atoms with van der Waals surface area (Å²) in [5.41, 5.74) is 1.73. The third-order valence-corrected chi connectivity index (χ3v) is 4.70. The van der Waals surface area contributed by atoms with Gasteiger partial charge in [-0.25, -0.2) is 0 Å². The topological polar surface area (TPSA) is 64.4 Å². The number of hydrogen-bond donors (Lipinski definition) is 1. The van der Waals surface area contributed by atoms with Crippen molar-refractivity contribution in [2.45, 2.75) is 13.5 Å². The van der Waals surface area contributed by atoms with E-state index in [0.717, 1.165) is 11.1 Å². The van der Waals surface area contributed by atoms with Gasteiger partial charge >= 0.3 is 0 Å². The highest BCUT2D eigenvalue weighted by Crippen LogP contribution is 2.29. The number of benzene rings is 2. The zero-order valence-electron chi connectivity index (χ0n) is 14.6. The molecule has 0 aliphatic rings. The Hall–Kier alpha value is -2.35. The largest absolute Gasteiger partial charge is 0.493 e. The second-order valence-electron chi connectivity index (χ2n) is 5.58. The predicted molar refractivity (Wildman–Crippen MR) is 109 cm³/mol. The van der Waals surface area contributed by atoms with Gasteiger partial charge in [-0.05, 0) is 60.6 Å². The minimum Gasteiger partial charge on any atom is -0.493 e. The number of nitrogens with one attached hydrogen (secondary N) is 1. The fourth-order valence-electron chi connectivity index (χ4n) is 2.31. The van der Waals surface area contributed by atoms with E-state index >= 15 is 0 Å².